The minimum absolute atomic E-state index is 0.0381. The first-order valence-electron chi connectivity index (χ1n) is 7.71. The number of benzene rings is 1. The maximum atomic E-state index is 12.4. The van der Waals surface area contributed by atoms with Crippen LogP contribution in [-0.4, -0.2) is 28.8 Å². The Bertz CT molecular complexity index is 506. The van der Waals surface area contributed by atoms with Gasteiger partial charge < -0.3 is 5.32 Å². The van der Waals surface area contributed by atoms with Crippen LogP contribution in [-0.2, 0) is 16.1 Å². The molecular formula is C17H24N2O2. The zero-order chi connectivity index (χ0) is 15.4. The van der Waals surface area contributed by atoms with Crippen LogP contribution < -0.4 is 5.32 Å². The quantitative estimate of drug-likeness (QED) is 0.818. The van der Waals surface area contributed by atoms with Crippen molar-refractivity contribution in [3.8, 4) is 0 Å². The third-order valence-electron chi connectivity index (χ3n) is 4.16. The second-order valence-electron chi connectivity index (χ2n) is 5.70. The number of nitrogens with zero attached hydrogens (tertiary/aromatic N) is 1. The van der Waals surface area contributed by atoms with Crippen LogP contribution in [0.1, 0.15) is 44.2 Å². The monoisotopic (exact) mass is 288 g/mol. The van der Waals surface area contributed by atoms with Gasteiger partial charge in [0, 0.05) is 12.6 Å². The number of rotatable bonds is 6. The van der Waals surface area contributed by atoms with Crippen LogP contribution in [0.25, 0.3) is 0 Å². The summed E-state index contributed by atoms with van der Waals surface area (Å²) in [6.45, 7) is 6.69. The van der Waals surface area contributed by atoms with E-state index in [-0.39, 0.29) is 30.3 Å². The fraction of sp³-hybridized carbons (Fsp3) is 0.529. The minimum atomic E-state index is -0.376. The van der Waals surface area contributed by atoms with Crippen molar-refractivity contribution in [1.82, 2.24) is 10.2 Å². The van der Waals surface area contributed by atoms with Gasteiger partial charge in [-0.05, 0) is 25.3 Å². The summed E-state index contributed by atoms with van der Waals surface area (Å²) in [6.07, 6.45) is 1.92. The predicted molar refractivity (Wildman–Crippen MR) is 82.6 cm³/mol. The van der Waals surface area contributed by atoms with Crippen molar-refractivity contribution in [2.45, 2.75) is 58.7 Å². The Kier molecular flexibility index (Phi) is 5.12. The second kappa shape index (κ2) is 6.85. The zero-order valence-corrected chi connectivity index (χ0v) is 13.1. The lowest BCUT2D eigenvalue weighted by Gasteiger charge is -2.24. The summed E-state index contributed by atoms with van der Waals surface area (Å²) < 4.78 is 0. The average Bonchev–Trinajstić information content (AvgIpc) is 2.76. The SMILES string of the molecule is CCC(CC)N1C(=O)CC(NCc2ccc(C)cc2)C1=O. The normalized spacial score (nSPS) is 18.9. The molecule has 1 aromatic carbocycles. The Morgan fingerprint density at radius 2 is 1.81 bits per heavy atom. The number of aryl methyl sites for hydroxylation is 1. The summed E-state index contributed by atoms with van der Waals surface area (Å²) in [5.74, 6) is -0.115. The predicted octanol–water partition coefficient (Wildman–Crippen LogP) is 2.40. The second-order valence-corrected chi connectivity index (χ2v) is 5.70. The topological polar surface area (TPSA) is 49.4 Å². The third kappa shape index (κ3) is 3.50. The molecule has 1 heterocycles. The van der Waals surface area contributed by atoms with Crippen LogP contribution in [0.2, 0.25) is 0 Å². The van der Waals surface area contributed by atoms with Crippen molar-refractivity contribution >= 4 is 11.8 Å². The van der Waals surface area contributed by atoms with Gasteiger partial charge in [-0.1, -0.05) is 43.7 Å². The molecule has 2 amide bonds. The standard InChI is InChI=1S/C17H24N2O2/c1-4-14(5-2)19-16(20)10-15(17(19)21)18-11-13-8-6-12(3)7-9-13/h6-9,14-15,18H,4-5,10-11H2,1-3H3. The van der Waals surface area contributed by atoms with Gasteiger partial charge in [-0.2, -0.15) is 0 Å². The van der Waals surface area contributed by atoms with Crippen molar-refractivity contribution < 1.29 is 9.59 Å². The number of likely N-dealkylation sites (tertiary alicyclic amines) is 1. The highest BCUT2D eigenvalue weighted by atomic mass is 16.2. The molecule has 0 bridgehead atoms. The Balaban J connectivity index is 1.97. The molecule has 1 N–H and O–H groups in total. The van der Waals surface area contributed by atoms with Gasteiger partial charge in [0.2, 0.25) is 11.8 Å². The van der Waals surface area contributed by atoms with Crippen molar-refractivity contribution in [1.29, 1.82) is 0 Å². The number of carbonyl (C=O) groups excluding carboxylic acids is 2. The summed E-state index contributed by atoms with van der Waals surface area (Å²) >= 11 is 0. The largest absolute Gasteiger partial charge is 0.301 e. The van der Waals surface area contributed by atoms with Crippen molar-refractivity contribution in [2.24, 2.45) is 0 Å². The molecular weight excluding hydrogens is 264 g/mol. The van der Waals surface area contributed by atoms with Gasteiger partial charge in [0.05, 0.1) is 12.5 Å². The highest BCUT2D eigenvalue weighted by Crippen LogP contribution is 2.20. The maximum absolute atomic E-state index is 12.4. The lowest BCUT2D eigenvalue weighted by atomic mass is 10.1. The molecule has 1 aromatic rings. The van der Waals surface area contributed by atoms with Gasteiger partial charge in [0.25, 0.3) is 0 Å². The molecule has 1 saturated heterocycles. The van der Waals surface area contributed by atoms with Crippen molar-refractivity contribution in [2.75, 3.05) is 0 Å². The van der Waals surface area contributed by atoms with E-state index in [4.69, 9.17) is 0 Å². The Morgan fingerprint density at radius 3 is 2.38 bits per heavy atom. The smallest absolute Gasteiger partial charge is 0.247 e. The summed E-state index contributed by atoms with van der Waals surface area (Å²) in [7, 11) is 0. The Morgan fingerprint density at radius 1 is 1.19 bits per heavy atom. The average molecular weight is 288 g/mol. The summed E-state index contributed by atoms with van der Waals surface area (Å²) in [5, 5.41) is 3.22. The molecule has 0 aromatic heterocycles. The van der Waals surface area contributed by atoms with Crippen molar-refractivity contribution in [3.05, 3.63) is 35.4 Å². The third-order valence-corrected chi connectivity index (χ3v) is 4.16. The van der Waals surface area contributed by atoms with E-state index in [0.29, 0.717) is 6.54 Å². The van der Waals surface area contributed by atoms with Crippen LogP contribution in [0, 0.1) is 6.92 Å². The number of nitrogens with one attached hydrogen (secondary N) is 1. The molecule has 1 unspecified atom stereocenters. The molecule has 4 heteroatoms. The van der Waals surface area contributed by atoms with E-state index < -0.39 is 0 Å². The van der Waals surface area contributed by atoms with Crippen LogP contribution in [0.4, 0.5) is 0 Å². The molecule has 0 aliphatic carbocycles. The number of carbonyl (C=O) groups is 2. The van der Waals surface area contributed by atoms with Crippen LogP contribution >= 0.6 is 0 Å². The molecule has 1 fully saturated rings. The summed E-state index contributed by atoms with van der Waals surface area (Å²) in [5.41, 5.74) is 2.34. The van der Waals surface area contributed by atoms with E-state index in [9.17, 15) is 9.59 Å². The van der Waals surface area contributed by atoms with E-state index in [0.717, 1.165) is 18.4 Å². The van der Waals surface area contributed by atoms with Gasteiger partial charge in [0.1, 0.15) is 0 Å². The first kappa shape index (κ1) is 15.7. The summed E-state index contributed by atoms with van der Waals surface area (Å²) in [4.78, 5) is 25.9. The lowest BCUT2D eigenvalue weighted by Crippen LogP contribution is -2.43. The molecule has 0 radical (unpaired) electrons. The van der Waals surface area contributed by atoms with Crippen LogP contribution in [0.3, 0.4) is 0 Å². The van der Waals surface area contributed by atoms with Gasteiger partial charge in [-0.3, -0.25) is 14.5 Å². The zero-order valence-electron chi connectivity index (χ0n) is 13.1. The van der Waals surface area contributed by atoms with Crippen LogP contribution in [0.5, 0.6) is 0 Å². The van der Waals surface area contributed by atoms with E-state index in [1.807, 2.05) is 32.9 Å². The molecule has 1 aliphatic heterocycles. The maximum Gasteiger partial charge on any atom is 0.247 e. The number of hydrogen-bond donors (Lipinski definition) is 1. The number of imide groups is 1. The minimum Gasteiger partial charge on any atom is -0.301 e. The molecule has 1 aliphatic rings. The summed E-state index contributed by atoms with van der Waals surface area (Å²) in [6, 6.07) is 7.85. The lowest BCUT2D eigenvalue weighted by molar-refractivity contribution is -0.141. The fourth-order valence-electron chi connectivity index (χ4n) is 2.79. The van der Waals surface area contributed by atoms with E-state index in [1.165, 1.54) is 10.5 Å². The van der Waals surface area contributed by atoms with Crippen LogP contribution in [0.15, 0.2) is 24.3 Å². The molecule has 2 rings (SSSR count). The van der Waals surface area contributed by atoms with E-state index in [1.54, 1.807) is 0 Å². The molecule has 4 nitrogen and oxygen atoms in total. The fourth-order valence-corrected chi connectivity index (χ4v) is 2.79. The first-order valence-corrected chi connectivity index (χ1v) is 7.71. The first-order chi connectivity index (χ1) is 10.1. The van der Waals surface area contributed by atoms with E-state index >= 15 is 0 Å². The molecule has 0 saturated carbocycles. The highest BCUT2D eigenvalue weighted by molar-refractivity contribution is 6.05. The van der Waals surface area contributed by atoms with Gasteiger partial charge in [-0.25, -0.2) is 0 Å². The Hall–Kier alpha value is -1.68. The number of amides is 2. The van der Waals surface area contributed by atoms with Crippen molar-refractivity contribution in [3.63, 3.8) is 0 Å². The van der Waals surface area contributed by atoms with Gasteiger partial charge in [-0.15, -0.1) is 0 Å². The number of hydrogen-bond acceptors (Lipinski definition) is 3. The molecule has 114 valence electrons. The highest BCUT2D eigenvalue weighted by Gasteiger charge is 2.40. The molecule has 0 spiro atoms. The van der Waals surface area contributed by atoms with Gasteiger partial charge >= 0.3 is 0 Å². The molecule has 21 heavy (non-hydrogen) atoms. The molecule has 1 atom stereocenters. The van der Waals surface area contributed by atoms with Gasteiger partial charge in [0.15, 0.2) is 0 Å². The Labute approximate surface area is 126 Å². The van der Waals surface area contributed by atoms with E-state index in [2.05, 4.69) is 17.4 Å².